The highest BCUT2D eigenvalue weighted by Gasteiger charge is 2.33. The molecule has 5 aromatic rings. The Kier molecular flexibility index (Phi) is 6.26. The summed E-state index contributed by atoms with van der Waals surface area (Å²) in [6.45, 7) is 0.698. The largest absolute Gasteiger partial charge is 0.504 e. The van der Waals surface area contributed by atoms with Crippen molar-refractivity contribution in [2.45, 2.75) is 12.3 Å². The Morgan fingerprint density at radius 2 is 1.66 bits per heavy atom. The number of pyridine rings is 1. The highest BCUT2D eigenvalue weighted by molar-refractivity contribution is 5.94. The van der Waals surface area contributed by atoms with Crippen molar-refractivity contribution in [2.24, 2.45) is 0 Å². The zero-order valence-corrected chi connectivity index (χ0v) is 21.6. The number of esters is 1. The average molecular weight is 558 g/mol. The molecule has 6 rings (SSSR count). The minimum absolute atomic E-state index is 0.00553. The molecule has 1 aliphatic heterocycles. The van der Waals surface area contributed by atoms with Gasteiger partial charge in [0.1, 0.15) is 29.9 Å². The summed E-state index contributed by atoms with van der Waals surface area (Å²) in [5, 5.41) is 32.5. The number of phenolic OH excluding ortho intramolecular Hbond substituents is 3. The first-order valence-corrected chi connectivity index (χ1v) is 12.6. The minimum atomic E-state index is -1.29. The van der Waals surface area contributed by atoms with Crippen LogP contribution in [0.4, 0.5) is 0 Å². The molecule has 1 aliphatic rings. The third-order valence-corrected chi connectivity index (χ3v) is 7.05. The zero-order chi connectivity index (χ0) is 28.8. The van der Waals surface area contributed by atoms with Crippen LogP contribution < -0.4 is 20.5 Å². The standard InChI is InChI=1S/C30H23NO10/c1-38-23(33)11-16(17-9-15-10-21-22(40-8-7-39-21)12-18(15)31-30(17)37)24-26(34)28(36)27(35)25-19(32)13-20(41-29(24)25)14-5-3-2-4-6-14/h2-6,9-10,12-13,16,34-36H,7-8,11H2,1H3,(H,31,37)/t16-/m1/s1. The van der Waals surface area contributed by atoms with Crippen LogP contribution in [0.1, 0.15) is 23.5 Å². The molecule has 0 radical (unpaired) electrons. The maximum absolute atomic E-state index is 13.5. The molecular weight excluding hydrogens is 534 g/mol. The van der Waals surface area contributed by atoms with Crippen molar-refractivity contribution in [3.8, 4) is 40.1 Å². The number of carbonyl (C=O) groups excluding carboxylic acids is 1. The second-order valence-corrected chi connectivity index (χ2v) is 9.47. The average Bonchev–Trinajstić information content (AvgIpc) is 2.98. The summed E-state index contributed by atoms with van der Waals surface area (Å²) in [6, 6.07) is 14.5. The Hall–Kier alpha value is -5.45. The number of benzene rings is 3. The van der Waals surface area contributed by atoms with E-state index in [2.05, 4.69) is 4.98 Å². The van der Waals surface area contributed by atoms with Gasteiger partial charge in [0, 0.05) is 40.1 Å². The SMILES string of the molecule is COC(=O)C[C@H](c1cc2cc3c(cc2[nH]c1=O)OCCO3)c1c(O)c(O)c(O)c2c(=O)cc(-c3ccccc3)oc12. The first-order valence-electron chi connectivity index (χ1n) is 12.6. The molecule has 11 nitrogen and oxygen atoms in total. The Morgan fingerprint density at radius 1 is 0.951 bits per heavy atom. The number of hydrogen-bond acceptors (Lipinski definition) is 10. The Morgan fingerprint density at radius 3 is 2.37 bits per heavy atom. The van der Waals surface area contributed by atoms with Gasteiger partial charge in [-0.15, -0.1) is 0 Å². The maximum atomic E-state index is 13.5. The normalized spacial score (nSPS) is 13.3. The molecule has 3 heterocycles. The van der Waals surface area contributed by atoms with E-state index in [0.29, 0.717) is 41.2 Å². The molecule has 0 saturated carbocycles. The monoisotopic (exact) mass is 557 g/mol. The lowest BCUT2D eigenvalue weighted by Crippen LogP contribution is -2.21. The van der Waals surface area contributed by atoms with Crippen LogP contribution in [0.15, 0.2) is 68.6 Å². The predicted molar refractivity (Wildman–Crippen MR) is 147 cm³/mol. The molecule has 0 aliphatic carbocycles. The number of ether oxygens (including phenoxy) is 3. The van der Waals surface area contributed by atoms with Gasteiger partial charge in [-0.3, -0.25) is 14.4 Å². The van der Waals surface area contributed by atoms with Crippen LogP contribution in [0, 0.1) is 0 Å². The molecule has 0 amide bonds. The fourth-order valence-electron chi connectivity index (χ4n) is 5.08. The van der Waals surface area contributed by atoms with Crippen LogP contribution in [-0.2, 0) is 9.53 Å². The highest BCUT2D eigenvalue weighted by Crippen LogP contribution is 2.49. The van der Waals surface area contributed by atoms with Crippen molar-refractivity contribution in [1.29, 1.82) is 0 Å². The van der Waals surface area contributed by atoms with Crippen molar-refractivity contribution in [2.75, 3.05) is 20.3 Å². The first kappa shape index (κ1) is 25.8. The summed E-state index contributed by atoms with van der Waals surface area (Å²) in [4.78, 5) is 42.1. The van der Waals surface area contributed by atoms with E-state index in [1.165, 1.54) is 6.07 Å². The smallest absolute Gasteiger partial charge is 0.306 e. The van der Waals surface area contributed by atoms with Crippen LogP contribution in [0.2, 0.25) is 0 Å². The number of fused-ring (bicyclic) bond motifs is 3. The summed E-state index contributed by atoms with van der Waals surface area (Å²) in [5.74, 6) is -3.78. The summed E-state index contributed by atoms with van der Waals surface area (Å²) < 4.78 is 22.2. The fourth-order valence-corrected chi connectivity index (χ4v) is 5.08. The molecule has 41 heavy (non-hydrogen) atoms. The first-order chi connectivity index (χ1) is 19.8. The third kappa shape index (κ3) is 4.37. The molecule has 0 spiro atoms. The van der Waals surface area contributed by atoms with Crippen molar-refractivity contribution < 1.29 is 38.7 Å². The van der Waals surface area contributed by atoms with E-state index in [-0.39, 0.29) is 22.5 Å². The summed E-state index contributed by atoms with van der Waals surface area (Å²) >= 11 is 0. The molecule has 2 aromatic heterocycles. The molecule has 3 aromatic carbocycles. The summed E-state index contributed by atoms with van der Waals surface area (Å²) in [6.07, 6.45) is -0.484. The van der Waals surface area contributed by atoms with E-state index >= 15 is 0 Å². The third-order valence-electron chi connectivity index (χ3n) is 7.05. The van der Waals surface area contributed by atoms with Gasteiger partial charge in [-0.2, -0.15) is 0 Å². The lowest BCUT2D eigenvalue weighted by Gasteiger charge is -2.22. The number of aromatic amines is 1. The number of aromatic hydroxyl groups is 3. The number of aromatic nitrogens is 1. The Labute approximate surface area is 230 Å². The van der Waals surface area contributed by atoms with Crippen molar-refractivity contribution in [3.05, 3.63) is 86.3 Å². The van der Waals surface area contributed by atoms with Gasteiger partial charge >= 0.3 is 5.97 Å². The second kappa shape index (κ2) is 9.94. The van der Waals surface area contributed by atoms with Gasteiger partial charge in [-0.25, -0.2) is 0 Å². The van der Waals surface area contributed by atoms with Crippen molar-refractivity contribution in [3.63, 3.8) is 0 Å². The predicted octanol–water partition coefficient (Wildman–Crippen LogP) is 3.88. The number of hydrogen-bond donors (Lipinski definition) is 4. The molecule has 208 valence electrons. The summed E-state index contributed by atoms with van der Waals surface area (Å²) in [7, 11) is 1.16. The van der Waals surface area contributed by atoms with E-state index in [9.17, 15) is 29.7 Å². The quantitative estimate of drug-likeness (QED) is 0.184. The molecule has 0 bridgehead atoms. The number of carbonyl (C=O) groups is 1. The molecule has 11 heteroatoms. The van der Waals surface area contributed by atoms with Crippen LogP contribution >= 0.6 is 0 Å². The number of H-pyrrole nitrogens is 1. The Bertz CT molecular complexity index is 1960. The van der Waals surface area contributed by atoms with Gasteiger partial charge in [0.05, 0.1) is 19.0 Å². The molecule has 0 fully saturated rings. The van der Waals surface area contributed by atoms with Crippen LogP contribution in [0.25, 0.3) is 33.2 Å². The van der Waals surface area contributed by atoms with Gasteiger partial charge in [0.25, 0.3) is 5.56 Å². The van der Waals surface area contributed by atoms with Gasteiger partial charge in [-0.1, -0.05) is 30.3 Å². The lowest BCUT2D eigenvalue weighted by molar-refractivity contribution is -0.140. The molecule has 1 atom stereocenters. The minimum Gasteiger partial charge on any atom is -0.504 e. The van der Waals surface area contributed by atoms with Crippen LogP contribution in [0.5, 0.6) is 28.7 Å². The zero-order valence-electron chi connectivity index (χ0n) is 21.6. The van der Waals surface area contributed by atoms with E-state index in [1.54, 1.807) is 42.5 Å². The topological polar surface area (TPSA) is 169 Å². The van der Waals surface area contributed by atoms with Crippen molar-refractivity contribution >= 4 is 27.8 Å². The Balaban J connectivity index is 1.66. The number of phenols is 3. The lowest BCUT2D eigenvalue weighted by atomic mass is 9.86. The van der Waals surface area contributed by atoms with Gasteiger partial charge in [0.15, 0.2) is 28.4 Å². The van der Waals surface area contributed by atoms with Gasteiger partial charge in [-0.05, 0) is 12.1 Å². The van der Waals surface area contributed by atoms with Gasteiger partial charge in [0.2, 0.25) is 5.75 Å². The van der Waals surface area contributed by atoms with E-state index in [4.69, 9.17) is 18.6 Å². The molecule has 4 N–H and O–H groups in total. The fraction of sp³-hybridized carbons (Fsp3) is 0.167. The van der Waals surface area contributed by atoms with Crippen molar-refractivity contribution in [1.82, 2.24) is 4.98 Å². The number of rotatable bonds is 5. The molecular formula is C30H23NO10. The molecule has 0 unspecified atom stereocenters. The van der Waals surface area contributed by atoms with Crippen LogP contribution in [0.3, 0.4) is 0 Å². The second-order valence-electron chi connectivity index (χ2n) is 9.47. The highest BCUT2D eigenvalue weighted by atomic mass is 16.6. The maximum Gasteiger partial charge on any atom is 0.306 e. The van der Waals surface area contributed by atoms with E-state index < -0.39 is 51.9 Å². The van der Waals surface area contributed by atoms with Gasteiger partial charge < -0.3 is 38.9 Å². The van der Waals surface area contributed by atoms with E-state index in [0.717, 1.165) is 13.2 Å². The number of nitrogens with one attached hydrogen (secondary N) is 1. The number of methoxy groups -OCH3 is 1. The summed E-state index contributed by atoms with van der Waals surface area (Å²) in [5.41, 5.74) is -0.950. The van der Waals surface area contributed by atoms with Crippen LogP contribution in [-0.4, -0.2) is 46.6 Å². The molecule has 0 saturated heterocycles. The van der Waals surface area contributed by atoms with E-state index in [1.807, 2.05) is 0 Å².